The van der Waals surface area contributed by atoms with Gasteiger partial charge in [0.25, 0.3) is 6.43 Å². The van der Waals surface area contributed by atoms with Gasteiger partial charge in [-0.3, -0.25) is 4.79 Å². The molecule has 1 rings (SSSR count). The minimum absolute atomic E-state index is 0.180. The normalized spacial score (nSPS) is 10.5. The Morgan fingerprint density at radius 1 is 1.53 bits per heavy atom. The lowest BCUT2D eigenvalue weighted by atomic mass is 10.1. The first-order valence-corrected chi connectivity index (χ1v) is 4.60. The lowest BCUT2D eigenvalue weighted by molar-refractivity contribution is 0.0818. The minimum Gasteiger partial charge on any atom is -0.488 e. The summed E-state index contributed by atoms with van der Waals surface area (Å²) in [6.45, 7) is 0.691. The number of rotatable bonds is 4. The molecule has 0 aliphatic rings. The third-order valence-electron chi connectivity index (χ3n) is 1.70. The molecule has 0 aliphatic heterocycles. The Hall–Kier alpha value is -1.16. The summed E-state index contributed by atoms with van der Waals surface area (Å²) in [7, 11) is 0. The van der Waals surface area contributed by atoms with Gasteiger partial charge in [-0.2, -0.15) is 0 Å². The number of benzene rings is 1. The lowest BCUT2D eigenvalue weighted by Crippen LogP contribution is -2.07. The largest absolute Gasteiger partial charge is 0.488 e. The molecular weight excluding hydrogens is 226 g/mol. The molecule has 0 radical (unpaired) electrons. The van der Waals surface area contributed by atoms with Gasteiger partial charge in [0.05, 0.1) is 5.02 Å². The van der Waals surface area contributed by atoms with E-state index >= 15 is 0 Å². The third kappa shape index (κ3) is 3.47. The van der Waals surface area contributed by atoms with Crippen LogP contribution in [0.5, 0.6) is 5.75 Å². The van der Waals surface area contributed by atoms with Crippen molar-refractivity contribution < 1.29 is 18.3 Å². The summed E-state index contributed by atoms with van der Waals surface area (Å²) in [6, 6.07) is 4.23. The van der Waals surface area contributed by atoms with Gasteiger partial charge in [-0.1, -0.05) is 11.6 Å². The SMILES string of the molecule is CC(=O)c1ccc(OCC(F)F)cc1Cl. The quantitative estimate of drug-likeness (QED) is 0.748. The van der Waals surface area contributed by atoms with E-state index in [2.05, 4.69) is 0 Å². The average molecular weight is 235 g/mol. The van der Waals surface area contributed by atoms with Crippen molar-refractivity contribution in [1.82, 2.24) is 0 Å². The smallest absolute Gasteiger partial charge is 0.272 e. The summed E-state index contributed by atoms with van der Waals surface area (Å²) in [5, 5.41) is 0.203. The van der Waals surface area contributed by atoms with Crippen molar-refractivity contribution in [2.45, 2.75) is 13.3 Å². The molecule has 0 heterocycles. The molecule has 0 fully saturated rings. The van der Waals surface area contributed by atoms with Crippen LogP contribution in [-0.2, 0) is 0 Å². The van der Waals surface area contributed by atoms with Gasteiger partial charge in [-0.15, -0.1) is 0 Å². The maximum absolute atomic E-state index is 11.8. The molecule has 2 nitrogen and oxygen atoms in total. The van der Waals surface area contributed by atoms with Crippen LogP contribution in [0.4, 0.5) is 8.78 Å². The molecule has 0 bridgehead atoms. The van der Waals surface area contributed by atoms with Crippen LogP contribution < -0.4 is 4.74 Å². The van der Waals surface area contributed by atoms with Crippen molar-refractivity contribution in [2.75, 3.05) is 6.61 Å². The standard InChI is InChI=1S/C10H9ClF2O2/c1-6(14)8-3-2-7(4-9(8)11)15-5-10(12)13/h2-4,10H,5H2,1H3. The highest BCUT2D eigenvalue weighted by Crippen LogP contribution is 2.23. The summed E-state index contributed by atoms with van der Waals surface area (Å²) in [5.41, 5.74) is 0.348. The molecule has 15 heavy (non-hydrogen) atoms. The fourth-order valence-electron chi connectivity index (χ4n) is 1.03. The zero-order valence-corrected chi connectivity index (χ0v) is 8.72. The van der Waals surface area contributed by atoms with E-state index in [0.29, 0.717) is 5.56 Å². The second-order valence-corrected chi connectivity index (χ2v) is 3.31. The fourth-order valence-corrected chi connectivity index (χ4v) is 1.33. The summed E-state index contributed by atoms with van der Waals surface area (Å²) in [5.74, 6) is 0.0470. The summed E-state index contributed by atoms with van der Waals surface area (Å²) in [4.78, 5) is 11.0. The summed E-state index contributed by atoms with van der Waals surface area (Å²) < 4.78 is 28.4. The first kappa shape index (κ1) is 11.9. The van der Waals surface area contributed by atoms with E-state index in [1.807, 2.05) is 0 Å². The highest BCUT2D eigenvalue weighted by atomic mass is 35.5. The van der Waals surface area contributed by atoms with Gasteiger partial charge >= 0.3 is 0 Å². The number of ether oxygens (including phenoxy) is 1. The van der Waals surface area contributed by atoms with Crippen LogP contribution in [-0.4, -0.2) is 18.8 Å². The van der Waals surface area contributed by atoms with Crippen LogP contribution >= 0.6 is 11.6 Å². The Bertz CT molecular complexity index is 366. The second kappa shape index (κ2) is 5.07. The molecule has 0 saturated heterocycles. The van der Waals surface area contributed by atoms with E-state index in [4.69, 9.17) is 16.3 Å². The van der Waals surface area contributed by atoms with Gasteiger partial charge in [0.2, 0.25) is 0 Å². The third-order valence-corrected chi connectivity index (χ3v) is 2.01. The van der Waals surface area contributed by atoms with E-state index in [9.17, 15) is 13.6 Å². The molecule has 0 atom stereocenters. The molecular formula is C10H9ClF2O2. The van der Waals surface area contributed by atoms with Crippen LogP contribution in [0.3, 0.4) is 0 Å². The molecule has 0 saturated carbocycles. The average Bonchev–Trinajstić information content (AvgIpc) is 2.14. The van der Waals surface area contributed by atoms with Crippen LogP contribution in [0, 0.1) is 0 Å². The Labute approximate surface area is 90.8 Å². The molecule has 0 unspecified atom stereocenters. The summed E-state index contributed by atoms with van der Waals surface area (Å²) in [6.07, 6.45) is -2.53. The number of carbonyl (C=O) groups is 1. The van der Waals surface area contributed by atoms with Crippen LogP contribution in [0.15, 0.2) is 18.2 Å². The zero-order valence-electron chi connectivity index (χ0n) is 7.97. The zero-order chi connectivity index (χ0) is 11.4. The Morgan fingerprint density at radius 3 is 2.67 bits per heavy atom. The molecule has 0 N–H and O–H groups in total. The number of carbonyl (C=O) groups excluding carboxylic acids is 1. The Balaban J connectivity index is 2.78. The molecule has 0 spiro atoms. The first-order chi connectivity index (χ1) is 7.00. The topological polar surface area (TPSA) is 26.3 Å². The molecule has 82 valence electrons. The lowest BCUT2D eigenvalue weighted by Gasteiger charge is -2.07. The van der Waals surface area contributed by atoms with E-state index in [-0.39, 0.29) is 16.6 Å². The number of Topliss-reactive ketones (excluding diaryl/α,β-unsaturated/α-hetero) is 1. The van der Waals surface area contributed by atoms with Crippen molar-refractivity contribution in [3.8, 4) is 5.75 Å². The number of hydrogen-bond acceptors (Lipinski definition) is 2. The van der Waals surface area contributed by atoms with Crippen molar-refractivity contribution >= 4 is 17.4 Å². The Morgan fingerprint density at radius 2 is 2.20 bits per heavy atom. The molecule has 0 amide bonds. The van der Waals surface area contributed by atoms with E-state index < -0.39 is 13.0 Å². The van der Waals surface area contributed by atoms with E-state index in [1.165, 1.54) is 25.1 Å². The van der Waals surface area contributed by atoms with Gasteiger partial charge in [0.1, 0.15) is 12.4 Å². The first-order valence-electron chi connectivity index (χ1n) is 4.22. The number of hydrogen-bond donors (Lipinski definition) is 0. The minimum atomic E-state index is -2.53. The molecule has 5 heteroatoms. The van der Waals surface area contributed by atoms with Crippen molar-refractivity contribution in [2.24, 2.45) is 0 Å². The van der Waals surface area contributed by atoms with E-state index in [0.717, 1.165) is 0 Å². The molecule has 0 aromatic heterocycles. The van der Waals surface area contributed by atoms with Crippen LogP contribution in [0.1, 0.15) is 17.3 Å². The predicted molar refractivity (Wildman–Crippen MR) is 53.0 cm³/mol. The van der Waals surface area contributed by atoms with Crippen molar-refractivity contribution in [3.05, 3.63) is 28.8 Å². The maximum Gasteiger partial charge on any atom is 0.272 e. The van der Waals surface area contributed by atoms with Gasteiger partial charge in [0.15, 0.2) is 5.78 Å². The maximum atomic E-state index is 11.8. The number of halogens is 3. The summed E-state index contributed by atoms with van der Waals surface area (Å²) >= 11 is 5.75. The molecule has 1 aromatic carbocycles. The van der Waals surface area contributed by atoms with Crippen LogP contribution in [0.2, 0.25) is 5.02 Å². The fraction of sp³-hybridized carbons (Fsp3) is 0.300. The number of ketones is 1. The van der Waals surface area contributed by atoms with Gasteiger partial charge < -0.3 is 4.74 Å². The number of alkyl halides is 2. The molecule has 0 aliphatic carbocycles. The monoisotopic (exact) mass is 234 g/mol. The van der Waals surface area contributed by atoms with Crippen molar-refractivity contribution in [1.29, 1.82) is 0 Å². The van der Waals surface area contributed by atoms with Gasteiger partial charge in [-0.25, -0.2) is 8.78 Å². The van der Waals surface area contributed by atoms with Crippen LogP contribution in [0.25, 0.3) is 0 Å². The van der Waals surface area contributed by atoms with Crippen molar-refractivity contribution in [3.63, 3.8) is 0 Å². The van der Waals surface area contributed by atoms with Gasteiger partial charge in [-0.05, 0) is 25.1 Å². The second-order valence-electron chi connectivity index (χ2n) is 2.90. The highest BCUT2D eigenvalue weighted by molar-refractivity contribution is 6.34. The Kier molecular flexibility index (Phi) is 4.03. The van der Waals surface area contributed by atoms with E-state index in [1.54, 1.807) is 0 Å². The highest BCUT2D eigenvalue weighted by Gasteiger charge is 2.08. The molecule has 1 aromatic rings. The van der Waals surface area contributed by atoms with Gasteiger partial charge in [0, 0.05) is 5.56 Å². The predicted octanol–water partition coefficient (Wildman–Crippen LogP) is 3.19.